The van der Waals surface area contributed by atoms with Gasteiger partial charge in [-0.15, -0.1) is 16.7 Å². The van der Waals surface area contributed by atoms with Gasteiger partial charge in [0.2, 0.25) is 0 Å². The van der Waals surface area contributed by atoms with E-state index in [4.69, 9.17) is 33.3 Å². The molecule has 2 aromatic heterocycles. The number of carboxylic acid groups (broad SMARTS) is 1. The minimum atomic E-state index is -0.875. The third-order valence-corrected chi connectivity index (χ3v) is 6.74. The van der Waals surface area contributed by atoms with Crippen LogP contribution in [0, 0.1) is 0 Å². The van der Waals surface area contributed by atoms with Crippen molar-refractivity contribution in [3.8, 4) is 16.8 Å². The summed E-state index contributed by atoms with van der Waals surface area (Å²) in [5, 5.41) is 24.0. The van der Waals surface area contributed by atoms with E-state index in [1.54, 1.807) is 34.9 Å². The van der Waals surface area contributed by atoms with Gasteiger partial charge >= 0.3 is 5.97 Å². The summed E-state index contributed by atoms with van der Waals surface area (Å²) in [5.41, 5.74) is 4.53. The van der Waals surface area contributed by atoms with E-state index < -0.39 is 5.97 Å². The third kappa shape index (κ3) is 5.46. The zero-order valence-electron chi connectivity index (χ0n) is 20.1. The van der Waals surface area contributed by atoms with Crippen LogP contribution in [0.5, 0.6) is 0 Å². The number of aliphatic imine (C=N–C) groups is 1. The maximum atomic E-state index is 13.4. The lowest BCUT2D eigenvalue weighted by atomic mass is 10.0. The van der Waals surface area contributed by atoms with Gasteiger partial charge in [-0.25, -0.2) is 0 Å². The van der Waals surface area contributed by atoms with Gasteiger partial charge in [0.05, 0.1) is 30.7 Å². The Hall–Kier alpha value is -4.02. The molecule has 0 radical (unpaired) electrons. The predicted molar refractivity (Wildman–Crippen MR) is 144 cm³/mol. The summed E-state index contributed by atoms with van der Waals surface area (Å²) in [6.45, 7) is 0.364. The zero-order valence-corrected chi connectivity index (χ0v) is 21.6. The second-order valence-corrected chi connectivity index (χ2v) is 9.52. The van der Waals surface area contributed by atoms with Crippen molar-refractivity contribution in [2.75, 3.05) is 6.00 Å². The smallest absolute Gasteiger partial charge is 0.307 e. The molecular weight excluding hydrogens is 529 g/mol. The lowest BCUT2D eigenvalue weighted by Gasteiger charge is -2.19. The summed E-state index contributed by atoms with van der Waals surface area (Å²) in [4.78, 5) is 29.1. The molecule has 0 saturated heterocycles. The van der Waals surface area contributed by atoms with Gasteiger partial charge in [0.15, 0.2) is 0 Å². The number of alkyl halides is 1. The van der Waals surface area contributed by atoms with Crippen molar-refractivity contribution in [1.29, 1.82) is 0 Å². The highest BCUT2D eigenvalue weighted by Gasteiger charge is 2.28. The second-order valence-electron chi connectivity index (χ2n) is 8.81. The lowest BCUT2D eigenvalue weighted by Crippen LogP contribution is -2.35. The highest BCUT2D eigenvalue weighted by molar-refractivity contribution is 6.31. The first kappa shape index (κ1) is 25.6. The molecule has 1 aliphatic heterocycles. The van der Waals surface area contributed by atoms with E-state index in [1.165, 1.54) is 11.0 Å². The molecule has 5 rings (SSSR count). The Balaban J connectivity index is 1.45. The number of rotatable bonds is 8. The van der Waals surface area contributed by atoms with Gasteiger partial charge in [0, 0.05) is 22.3 Å². The van der Waals surface area contributed by atoms with Crippen LogP contribution in [0.2, 0.25) is 5.02 Å². The maximum absolute atomic E-state index is 13.4. The van der Waals surface area contributed by atoms with Crippen molar-refractivity contribution >= 4 is 35.0 Å². The number of nitrogens with zero attached hydrogens (tertiary/aromatic N) is 6. The number of amidine groups is 1. The average Bonchev–Trinajstić information content (AvgIpc) is 3.58. The van der Waals surface area contributed by atoms with Crippen LogP contribution in [-0.2, 0) is 24.2 Å². The Morgan fingerprint density at radius 3 is 2.63 bits per heavy atom. The number of hydrogen-bond donors (Lipinski definition) is 2. The lowest BCUT2D eigenvalue weighted by molar-refractivity contribution is -0.136. The number of pyridine rings is 1. The van der Waals surface area contributed by atoms with Crippen LogP contribution in [0.15, 0.2) is 70.7 Å². The molecular formula is C26H23Cl2N7O3. The van der Waals surface area contributed by atoms with Gasteiger partial charge in [0.25, 0.3) is 5.56 Å². The Morgan fingerprint density at radius 2 is 1.92 bits per heavy atom. The Labute approximate surface area is 227 Å². The fourth-order valence-electron chi connectivity index (χ4n) is 4.68. The van der Waals surface area contributed by atoms with Gasteiger partial charge in [-0.2, -0.15) is 4.68 Å². The van der Waals surface area contributed by atoms with E-state index in [0.717, 1.165) is 27.9 Å². The van der Waals surface area contributed by atoms with Crippen molar-refractivity contribution < 1.29 is 9.90 Å². The van der Waals surface area contributed by atoms with Crippen LogP contribution in [0.3, 0.4) is 0 Å². The molecule has 0 spiro atoms. The Kier molecular flexibility index (Phi) is 7.52. The van der Waals surface area contributed by atoms with Crippen LogP contribution in [0.4, 0.5) is 0 Å². The van der Waals surface area contributed by atoms with E-state index in [1.807, 2.05) is 24.3 Å². The number of fused-ring (bicyclic) bond motifs is 1. The van der Waals surface area contributed by atoms with E-state index in [0.29, 0.717) is 35.9 Å². The van der Waals surface area contributed by atoms with Crippen LogP contribution in [0.1, 0.15) is 29.3 Å². The molecule has 12 heteroatoms. The molecule has 1 atom stereocenters. The molecule has 38 heavy (non-hydrogen) atoms. The summed E-state index contributed by atoms with van der Waals surface area (Å²) in [5.74, 6) is -0.250. The molecule has 10 nitrogen and oxygen atoms in total. The van der Waals surface area contributed by atoms with E-state index in [9.17, 15) is 9.59 Å². The highest BCUT2D eigenvalue weighted by Crippen LogP contribution is 2.32. The summed E-state index contributed by atoms with van der Waals surface area (Å²) in [6.07, 6.45) is 2.83. The molecule has 0 aliphatic carbocycles. The quantitative estimate of drug-likeness (QED) is 0.148. The number of halogens is 2. The van der Waals surface area contributed by atoms with E-state index >= 15 is 0 Å². The SMILES string of the molecule is O=C(O)Cc1ccc(CN=C(NCCl)[C@@H]2CCc3cc(-c4cc(Cl)ccc4-n4cnnn4)cc(=O)n32)cc1. The van der Waals surface area contributed by atoms with Gasteiger partial charge in [-0.05, 0) is 64.2 Å². The van der Waals surface area contributed by atoms with E-state index in [-0.39, 0.29) is 24.0 Å². The number of tetrazole rings is 1. The van der Waals surface area contributed by atoms with Gasteiger partial charge in [0.1, 0.15) is 12.2 Å². The molecule has 0 saturated carbocycles. The van der Waals surface area contributed by atoms with Crippen LogP contribution in [0.25, 0.3) is 16.8 Å². The van der Waals surface area contributed by atoms with Crippen molar-refractivity contribution in [3.63, 3.8) is 0 Å². The number of carboxylic acids is 1. The van der Waals surface area contributed by atoms with Crippen LogP contribution >= 0.6 is 23.2 Å². The molecule has 4 aromatic rings. The number of hydrogen-bond acceptors (Lipinski definition) is 6. The van der Waals surface area contributed by atoms with Crippen molar-refractivity contribution in [1.82, 2.24) is 30.1 Å². The summed E-state index contributed by atoms with van der Waals surface area (Å²) in [6, 6.07) is 16.1. The van der Waals surface area contributed by atoms with Crippen LogP contribution < -0.4 is 10.9 Å². The predicted octanol–water partition coefficient (Wildman–Crippen LogP) is 3.64. The number of carbonyl (C=O) groups is 1. The molecule has 0 bridgehead atoms. The van der Waals surface area contributed by atoms with Crippen LogP contribution in [-0.4, -0.2) is 47.7 Å². The monoisotopic (exact) mass is 551 g/mol. The molecule has 0 fully saturated rings. The Morgan fingerprint density at radius 1 is 1.13 bits per heavy atom. The highest BCUT2D eigenvalue weighted by atomic mass is 35.5. The fraction of sp³-hybridized carbons (Fsp3) is 0.231. The normalized spacial score (nSPS) is 14.9. The summed E-state index contributed by atoms with van der Waals surface area (Å²) >= 11 is 12.3. The zero-order chi connectivity index (χ0) is 26.6. The average molecular weight is 552 g/mol. The summed E-state index contributed by atoms with van der Waals surface area (Å²) < 4.78 is 3.28. The molecule has 0 amide bonds. The van der Waals surface area contributed by atoms with Gasteiger partial charge in [-0.3, -0.25) is 14.6 Å². The molecule has 194 valence electrons. The number of benzene rings is 2. The minimum Gasteiger partial charge on any atom is -0.481 e. The molecule has 2 N–H and O–H groups in total. The minimum absolute atomic E-state index is 0.0290. The first-order valence-electron chi connectivity index (χ1n) is 11.9. The Bertz CT molecular complexity index is 1550. The molecule has 2 aromatic carbocycles. The number of nitrogens with one attached hydrogen (secondary N) is 1. The number of aryl methyl sites for hydroxylation is 1. The number of aromatic nitrogens is 5. The molecule has 0 unspecified atom stereocenters. The fourth-order valence-corrected chi connectivity index (χ4v) is 4.99. The first-order chi connectivity index (χ1) is 18.4. The summed E-state index contributed by atoms with van der Waals surface area (Å²) in [7, 11) is 0. The largest absolute Gasteiger partial charge is 0.481 e. The van der Waals surface area contributed by atoms with Crippen molar-refractivity contribution in [2.45, 2.75) is 31.8 Å². The molecule has 1 aliphatic rings. The topological polar surface area (TPSA) is 127 Å². The van der Waals surface area contributed by atoms with Gasteiger partial charge < -0.3 is 15.0 Å². The van der Waals surface area contributed by atoms with Crippen molar-refractivity contribution in [3.05, 3.63) is 93.1 Å². The third-order valence-electron chi connectivity index (χ3n) is 6.37. The molecule has 3 heterocycles. The standard InChI is InChI=1S/C26H23Cl2N7O3/c27-14-30-26(29-13-17-3-1-16(2-4-17)9-25(37)38)23-8-6-20-10-18(11-24(36)35(20)23)21-12-19(28)5-7-22(21)34-15-31-32-33-34/h1-5,7,10-12,15,23H,6,8-9,13-14H2,(H,29,30)(H,37,38)/t23-/m0/s1. The second kappa shape index (κ2) is 11.2. The number of aliphatic carboxylic acids is 1. The first-order valence-corrected chi connectivity index (χ1v) is 12.8. The maximum Gasteiger partial charge on any atom is 0.307 e. The van der Waals surface area contributed by atoms with E-state index in [2.05, 4.69) is 20.8 Å². The van der Waals surface area contributed by atoms with Gasteiger partial charge in [-0.1, -0.05) is 35.9 Å². The van der Waals surface area contributed by atoms with Crippen molar-refractivity contribution in [2.24, 2.45) is 4.99 Å².